The van der Waals surface area contributed by atoms with E-state index in [1.54, 1.807) is 0 Å². The SMILES string of the molecule is CCNC(=NCc1ccc2c(c1)OCO2)N(C)CC1CCOC1. The molecule has 1 saturated heterocycles. The van der Waals surface area contributed by atoms with E-state index >= 15 is 0 Å². The molecule has 3 rings (SSSR count). The van der Waals surface area contributed by atoms with E-state index in [9.17, 15) is 0 Å². The lowest BCUT2D eigenvalue weighted by atomic mass is 10.1. The first-order valence-electron chi connectivity index (χ1n) is 8.22. The topological polar surface area (TPSA) is 55.3 Å². The lowest BCUT2D eigenvalue weighted by Crippen LogP contribution is -2.41. The van der Waals surface area contributed by atoms with Crippen LogP contribution in [-0.2, 0) is 11.3 Å². The number of hydrogen-bond acceptors (Lipinski definition) is 4. The van der Waals surface area contributed by atoms with Crippen molar-refractivity contribution in [1.82, 2.24) is 10.2 Å². The van der Waals surface area contributed by atoms with E-state index < -0.39 is 0 Å². The highest BCUT2D eigenvalue weighted by Gasteiger charge is 2.19. The van der Waals surface area contributed by atoms with Crippen LogP contribution in [0, 0.1) is 5.92 Å². The molecular formula is C17H25N3O3. The van der Waals surface area contributed by atoms with Gasteiger partial charge in [0.25, 0.3) is 0 Å². The van der Waals surface area contributed by atoms with Gasteiger partial charge in [0.2, 0.25) is 6.79 Å². The molecule has 1 unspecified atom stereocenters. The third kappa shape index (κ3) is 4.07. The number of ether oxygens (including phenoxy) is 3. The molecular weight excluding hydrogens is 294 g/mol. The summed E-state index contributed by atoms with van der Waals surface area (Å²) < 4.78 is 16.2. The number of rotatable bonds is 5. The highest BCUT2D eigenvalue weighted by atomic mass is 16.7. The smallest absolute Gasteiger partial charge is 0.231 e. The summed E-state index contributed by atoms with van der Waals surface area (Å²) in [6.07, 6.45) is 1.13. The van der Waals surface area contributed by atoms with Gasteiger partial charge in [-0.05, 0) is 31.0 Å². The van der Waals surface area contributed by atoms with Crippen molar-refractivity contribution >= 4 is 5.96 Å². The van der Waals surface area contributed by atoms with E-state index in [4.69, 9.17) is 19.2 Å². The fourth-order valence-electron chi connectivity index (χ4n) is 2.88. The normalized spacial score (nSPS) is 19.9. The molecule has 2 aliphatic heterocycles. The van der Waals surface area contributed by atoms with Gasteiger partial charge in [-0.1, -0.05) is 6.07 Å². The molecule has 1 N–H and O–H groups in total. The highest BCUT2D eigenvalue weighted by molar-refractivity contribution is 5.79. The molecule has 0 spiro atoms. The summed E-state index contributed by atoms with van der Waals surface area (Å²) in [5.41, 5.74) is 1.11. The first kappa shape index (κ1) is 15.9. The van der Waals surface area contributed by atoms with Gasteiger partial charge in [0, 0.05) is 32.7 Å². The first-order chi connectivity index (χ1) is 11.3. The number of guanidine groups is 1. The minimum absolute atomic E-state index is 0.302. The molecule has 1 aromatic rings. The Morgan fingerprint density at radius 1 is 1.35 bits per heavy atom. The molecule has 2 aliphatic rings. The van der Waals surface area contributed by atoms with Gasteiger partial charge in [-0.15, -0.1) is 0 Å². The third-order valence-corrected chi connectivity index (χ3v) is 4.10. The maximum Gasteiger partial charge on any atom is 0.231 e. The number of hydrogen-bond donors (Lipinski definition) is 1. The van der Waals surface area contributed by atoms with Crippen molar-refractivity contribution in [2.75, 3.05) is 40.1 Å². The van der Waals surface area contributed by atoms with Crippen molar-refractivity contribution < 1.29 is 14.2 Å². The molecule has 2 heterocycles. The Hall–Kier alpha value is -1.95. The molecule has 0 radical (unpaired) electrons. The van der Waals surface area contributed by atoms with Gasteiger partial charge in [0.1, 0.15) is 0 Å². The Morgan fingerprint density at radius 2 is 2.22 bits per heavy atom. The fraction of sp³-hybridized carbons (Fsp3) is 0.588. The number of nitrogens with one attached hydrogen (secondary N) is 1. The Kier molecular flexibility index (Phi) is 5.23. The highest BCUT2D eigenvalue weighted by Crippen LogP contribution is 2.32. The monoisotopic (exact) mass is 319 g/mol. The zero-order valence-corrected chi connectivity index (χ0v) is 13.9. The van der Waals surface area contributed by atoms with Crippen LogP contribution in [0.3, 0.4) is 0 Å². The molecule has 0 aliphatic carbocycles. The average molecular weight is 319 g/mol. The molecule has 0 bridgehead atoms. The van der Waals surface area contributed by atoms with Crippen LogP contribution in [0.15, 0.2) is 23.2 Å². The minimum Gasteiger partial charge on any atom is -0.454 e. The van der Waals surface area contributed by atoms with Crippen molar-refractivity contribution in [3.8, 4) is 11.5 Å². The second kappa shape index (κ2) is 7.55. The van der Waals surface area contributed by atoms with Crippen LogP contribution in [0.1, 0.15) is 18.9 Å². The van der Waals surface area contributed by atoms with Crippen molar-refractivity contribution in [3.05, 3.63) is 23.8 Å². The predicted octanol–water partition coefficient (Wildman–Crippen LogP) is 1.85. The Balaban J connectivity index is 1.63. The van der Waals surface area contributed by atoms with Crippen LogP contribution in [-0.4, -0.2) is 51.0 Å². The summed E-state index contributed by atoms with van der Waals surface area (Å²) in [6.45, 7) is 6.55. The number of benzene rings is 1. The Morgan fingerprint density at radius 3 is 3.00 bits per heavy atom. The molecule has 126 valence electrons. The molecule has 6 nitrogen and oxygen atoms in total. The minimum atomic E-state index is 0.302. The van der Waals surface area contributed by atoms with Crippen molar-refractivity contribution in [1.29, 1.82) is 0 Å². The Labute approximate surface area is 137 Å². The fourth-order valence-corrected chi connectivity index (χ4v) is 2.88. The third-order valence-electron chi connectivity index (χ3n) is 4.10. The lowest BCUT2D eigenvalue weighted by Gasteiger charge is -2.24. The van der Waals surface area contributed by atoms with Crippen LogP contribution in [0.2, 0.25) is 0 Å². The summed E-state index contributed by atoms with van der Waals surface area (Å²) in [7, 11) is 2.08. The number of fused-ring (bicyclic) bond motifs is 1. The van der Waals surface area contributed by atoms with Crippen LogP contribution in [0.25, 0.3) is 0 Å². The zero-order chi connectivity index (χ0) is 16.1. The second-order valence-corrected chi connectivity index (χ2v) is 5.97. The van der Waals surface area contributed by atoms with E-state index in [-0.39, 0.29) is 0 Å². The van der Waals surface area contributed by atoms with Gasteiger partial charge < -0.3 is 24.4 Å². The standard InChI is InChI=1S/C17H25N3O3/c1-3-18-17(20(2)10-14-6-7-21-11-14)19-9-13-4-5-15-16(8-13)23-12-22-15/h4-5,8,14H,3,6-7,9-12H2,1-2H3,(H,18,19). The average Bonchev–Trinajstić information content (AvgIpc) is 3.21. The summed E-state index contributed by atoms with van der Waals surface area (Å²) in [6, 6.07) is 5.98. The van der Waals surface area contributed by atoms with Gasteiger partial charge in [-0.25, -0.2) is 4.99 Å². The Bertz CT molecular complexity index is 556. The van der Waals surface area contributed by atoms with Crippen molar-refractivity contribution in [2.45, 2.75) is 19.9 Å². The maximum atomic E-state index is 5.46. The predicted molar refractivity (Wildman–Crippen MR) is 88.9 cm³/mol. The number of nitrogens with zero attached hydrogens (tertiary/aromatic N) is 2. The maximum absolute atomic E-state index is 5.46. The molecule has 1 atom stereocenters. The van der Waals surface area contributed by atoms with Crippen LogP contribution in [0.4, 0.5) is 0 Å². The van der Waals surface area contributed by atoms with E-state index in [2.05, 4.69) is 24.2 Å². The van der Waals surface area contributed by atoms with E-state index in [0.717, 1.165) is 55.7 Å². The first-order valence-corrected chi connectivity index (χ1v) is 8.22. The van der Waals surface area contributed by atoms with E-state index in [0.29, 0.717) is 19.3 Å². The second-order valence-electron chi connectivity index (χ2n) is 5.97. The summed E-state index contributed by atoms with van der Waals surface area (Å²) in [5, 5.41) is 3.36. The van der Waals surface area contributed by atoms with Crippen LogP contribution in [0.5, 0.6) is 11.5 Å². The van der Waals surface area contributed by atoms with Crippen molar-refractivity contribution in [2.24, 2.45) is 10.9 Å². The van der Waals surface area contributed by atoms with Gasteiger partial charge >= 0.3 is 0 Å². The van der Waals surface area contributed by atoms with E-state index in [1.807, 2.05) is 18.2 Å². The summed E-state index contributed by atoms with van der Waals surface area (Å²) >= 11 is 0. The van der Waals surface area contributed by atoms with Crippen molar-refractivity contribution in [3.63, 3.8) is 0 Å². The van der Waals surface area contributed by atoms with Crippen LogP contribution < -0.4 is 14.8 Å². The largest absolute Gasteiger partial charge is 0.454 e. The number of aliphatic imine (C=N–C) groups is 1. The molecule has 0 saturated carbocycles. The molecule has 6 heteroatoms. The van der Waals surface area contributed by atoms with Gasteiger partial charge in [-0.2, -0.15) is 0 Å². The van der Waals surface area contributed by atoms with E-state index in [1.165, 1.54) is 0 Å². The van der Waals surface area contributed by atoms with Crippen LogP contribution >= 0.6 is 0 Å². The van der Waals surface area contributed by atoms with Gasteiger partial charge in [-0.3, -0.25) is 0 Å². The van der Waals surface area contributed by atoms with Gasteiger partial charge in [0.05, 0.1) is 13.2 Å². The lowest BCUT2D eigenvalue weighted by molar-refractivity contribution is 0.174. The zero-order valence-electron chi connectivity index (χ0n) is 13.9. The molecule has 0 aromatic heterocycles. The molecule has 1 aromatic carbocycles. The van der Waals surface area contributed by atoms with Gasteiger partial charge in [0.15, 0.2) is 17.5 Å². The molecule has 0 amide bonds. The summed E-state index contributed by atoms with van der Waals surface area (Å²) in [4.78, 5) is 6.94. The quantitative estimate of drug-likeness (QED) is 0.663. The molecule has 1 fully saturated rings. The summed E-state index contributed by atoms with van der Waals surface area (Å²) in [5.74, 6) is 3.13. The molecule has 23 heavy (non-hydrogen) atoms.